The van der Waals surface area contributed by atoms with Crippen molar-refractivity contribution >= 4 is 65.0 Å². The maximum Gasteiger partial charge on any atom is 0.143 e. The minimum absolute atomic E-state index is 0.911. The number of hydrogen-bond acceptors (Lipinski definition) is 1. The van der Waals surface area contributed by atoms with Crippen molar-refractivity contribution in [2.45, 2.75) is 0 Å². The lowest BCUT2D eigenvalue weighted by molar-refractivity contribution is 0.673. The Balaban J connectivity index is 1.16. The van der Waals surface area contributed by atoms with Gasteiger partial charge in [0, 0.05) is 21.7 Å². The van der Waals surface area contributed by atoms with Gasteiger partial charge in [-0.05, 0) is 94.8 Å². The molecule has 11 aromatic rings. The number of hydrogen-bond donors (Lipinski definition) is 0. The zero-order valence-electron chi connectivity index (χ0n) is 28.9. The number of rotatable bonds is 4. The SMILES string of the molecule is c1ccc(-c2ccc(-c3c4ccccc4c(-c4cccc(-c5c6ccccc6cc6oc7c8ccccc8ccc7c56)c4)c4ccccc34)cc2)cc1. The van der Waals surface area contributed by atoms with Crippen LogP contribution in [0.25, 0.3) is 110 Å². The van der Waals surface area contributed by atoms with Crippen molar-refractivity contribution in [2.75, 3.05) is 0 Å². The molecule has 10 aromatic carbocycles. The molecule has 0 fully saturated rings. The van der Waals surface area contributed by atoms with Crippen LogP contribution in [0.3, 0.4) is 0 Å². The molecular weight excluding hydrogens is 641 g/mol. The van der Waals surface area contributed by atoms with E-state index in [2.05, 4.69) is 194 Å². The van der Waals surface area contributed by atoms with E-state index in [-0.39, 0.29) is 0 Å². The topological polar surface area (TPSA) is 13.1 Å². The van der Waals surface area contributed by atoms with E-state index in [0.29, 0.717) is 0 Å². The molecule has 0 spiro atoms. The molecule has 1 heterocycles. The van der Waals surface area contributed by atoms with Crippen LogP contribution < -0.4 is 0 Å². The molecule has 1 aromatic heterocycles. The van der Waals surface area contributed by atoms with Crippen LogP contribution in [0.5, 0.6) is 0 Å². The molecule has 0 saturated carbocycles. The zero-order valence-corrected chi connectivity index (χ0v) is 28.9. The van der Waals surface area contributed by atoms with Crippen molar-refractivity contribution in [1.29, 1.82) is 0 Å². The largest absolute Gasteiger partial charge is 0.455 e. The summed E-state index contributed by atoms with van der Waals surface area (Å²) in [7, 11) is 0. The highest BCUT2D eigenvalue weighted by Crippen LogP contribution is 2.47. The third-order valence-electron chi connectivity index (χ3n) is 11.0. The number of furan rings is 1. The van der Waals surface area contributed by atoms with E-state index in [4.69, 9.17) is 4.42 Å². The van der Waals surface area contributed by atoms with Crippen LogP contribution in [0.2, 0.25) is 0 Å². The first-order valence-electron chi connectivity index (χ1n) is 18.3. The molecule has 0 radical (unpaired) electrons. The molecule has 0 aliphatic heterocycles. The maximum atomic E-state index is 6.75. The second kappa shape index (κ2) is 11.8. The Kier molecular flexibility index (Phi) is 6.62. The van der Waals surface area contributed by atoms with E-state index < -0.39 is 0 Å². The summed E-state index contributed by atoms with van der Waals surface area (Å²) in [6.45, 7) is 0. The minimum Gasteiger partial charge on any atom is -0.455 e. The average Bonchev–Trinajstić information content (AvgIpc) is 3.61. The predicted octanol–water partition coefficient (Wildman–Crippen LogP) is 14.9. The molecule has 1 heteroatoms. The van der Waals surface area contributed by atoms with Gasteiger partial charge in [-0.25, -0.2) is 0 Å². The molecule has 11 rings (SSSR count). The van der Waals surface area contributed by atoms with Crippen LogP contribution in [0.4, 0.5) is 0 Å². The Bertz CT molecular complexity index is 3150. The predicted molar refractivity (Wildman–Crippen MR) is 225 cm³/mol. The van der Waals surface area contributed by atoms with E-state index in [1.165, 1.54) is 82.2 Å². The van der Waals surface area contributed by atoms with Gasteiger partial charge in [0.1, 0.15) is 11.2 Å². The maximum absolute atomic E-state index is 6.75. The van der Waals surface area contributed by atoms with Crippen LogP contribution in [-0.4, -0.2) is 0 Å². The van der Waals surface area contributed by atoms with Gasteiger partial charge in [-0.2, -0.15) is 0 Å². The van der Waals surface area contributed by atoms with Gasteiger partial charge in [-0.15, -0.1) is 0 Å². The molecule has 53 heavy (non-hydrogen) atoms. The van der Waals surface area contributed by atoms with Crippen molar-refractivity contribution in [3.05, 3.63) is 194 Å². The summed E-state index contributed by atoms with van der Waals surface area (Å²) >= 11 is 0. The smallest absolute Gasteiger partial charge is 0.143 e. The van der Waals surface area contributed by atoms with Crippen LogP contribution >= 0.6 is 0 Å². The normalized spacial score (nSPS) is 11.8. The van der Waals surface area contributed by atoms with Crippen molar-refractivity contribution < 1.29 is 4.42 Å². The average molecular weight is 673 g/mol. The van der Waals surface area contributed by atoms with Gasteiger partial charge < -0.3 is 4.42 Å². The fraction of sp³-hybridized carbons (Fsp3) is 0. The first kappa shape index (κ1) is 29.7. The highest BCUT2D eigenvalue weighted by atomic mass is 16.3. The second-order valence-electron chi connectivity index (χ2n) is 14.0. The molecular formula is C52H32O. The van der Waals surface area contributed by atoms with E-state index in [1.54, 1.807) is 0 Å². The fourth-order valence-electron chi connectivity index (χ4n) is 8.67. The third kappa shape index (κ3) is 4.64. The Morgan fingerprint density at radius 2 is 0.755 bits per heavy atom. The summed E-state index contributed by atoms with van der Waals surface area (Å²) in [6, 6.07) is 70.5. The van der Waals surface area contributed by atoms with Gasteiger partial charge in [0.05, 0.1) is 0 Å². The molecule has 0 bridgehead atoms. The molecule has 0 unspecified atom stereocenters. The highest BCUT2D eigenvalue weighted by Gasteiger charge is 2.20. The second-order valence-corrected chi connectivity index (χ2v) is 14.0. The lowest BCUT2D eigenvalue weighted by Crippen LogP contribution is -1.91. The van der Waals surface area contributed by atoms with E-state index in [1.807, 2.05) is 0 Å². The molecule has 0 amide bonds. The minimum atomic E-state index is 0.911. The summed E-state index contributed by atoms with van der Waals surface area (Å²) in [5.74, 6) is 0. The van der Waals surface area contributed by atoms with Crippen LogP contribution in [0.15, 0.2) is 199 Å². The van der Waals surface area contributed by atoms with Gasteiger partial charge in [0.2, 0.25) is 0 Å². The van der Waals surface area contributed by atoms with E-state index in [0.717, 1.165) is 27.3 Å². The standard InChI is InChI=1S/C52H32O/c1-2-13-33(14-3-1)34-25-27-36(28-26-34)48-42-21-8-10-23-44(42)49(45-24-11-9-22-43(45)48)38-17-12-18-39(31-38)50-40-19-6-5-16-37(40)32-47-51(50)46-30-29-35-15-4-7-20-41(35)52(46)53-47/h1-32H. The summed E-state index contributed by atoms with van der Waals surface area (Å²) in [5, 5.41) is 12.0. The van der Waals surface area contributed by atoms with E-state index >= 15 is 0 Å². The van der Waals surface area contributed by atoms with Crippen molar-refractivity contribution in [3.63, 3.8) is 0 Å². The molecule has 246 valence electrons. The summed E-state index contributed by atoms with van der Waals surface area (Å²) in [4.78, 5) is 0. The Morgan fingerprint density at radius 1 is 0.264 bits per heavy atom. The monoisotopic (exact) mass is 672 g/mol. The zero-order chi connectivity index (χ0) is 34.9. The Morgan fingerprint density at radius 3 is 1.43 bits per heavy atom. The van der Waals surface area contributed by atoms with Gasteiger partial charge in [0.25, 0.3) is 0 Å². The van der Waals surface area contributed by atoms with Crippen molar-refractivity contribution in [1.82, 2.24) is 0 Å². The van der Waals surface area contributed by atoms with Gasteiger partial charge in [-0.3, -0.25) is 0 Å². The Labute approximate surface area is 307 Å². The lowest BCUT2D eigenvalue weighted by atomic mass is 9.84. The Hall–Kier alpha value is -6.96. The summed E-state index contributed by atoms with van der Waals surface area (Å²) in [5.41, 5.74) is 11.6. The third-order valence-corrected chi connectivity index (χ3v) is 11.0. The van der Waals surface area contributed by atoms with Crippen LogP contribution in [0, 0.1) is 0 Å². The van der Waals surface area contributed by atoms with Gasteiger partial charge in [0.15, 0.2) is 0 Å². The molecule has 0 aliphatic carbocycles. The molecule has 1 nitrogen and oxygen atoms in total. The van der Waals surface area contributed by atoms with Crippen molar-refractivity contribution in [2.24, 2.45) is 0 Å². The van der Waals surface area contributed by atoms with E-state index in [9.17, 15) is 0 Å². The van der Waals surface area contributed by atoms with Crippen LogP contribution in [0.1, 0.15) is 0 Å². The number of fused-ring (bicyclic) bond motifs is 8. The molecule has 0 aliphatic rings. The number of benzene rings is 10. The summed E-state index contributed by atoms with van der Waals surface area (Å²) < 4.78 is 6.75. The lowest BCUT2D eigenvalue weighted by Gasteiger charge is -2.18. The quantitative estimate of drug-likeness (QED) is 0.170. The van der Waals surface area contributed by atoms with Gasteiger partial charge in [-0.1, -0.05) is 176 Å². The van der Waals surface area contributed by atoms with Gasteiger partial charge >= 0.3 is 0 Å². The highest BCUT2D eigenvalue weighted by molar-refractivity contribution is 6.25. The molecule has 0 atom stereocenters. The fourth-order valence-corrected chi connectivity index (χ4v) is 8.67. The van der Waals surface area contributed by atoms with Crippen molar-refractivity contribution in [3.8, 4) is 44.5 Å². The first-order valence-corrected chi connectivity index (χ1v) is 18.3. The molecule has 0 saturated heterocycles. The first-order chi connectivity index (χ1) is 26.3. The molecule has 0 N–H and O–H groups in total. The summed E-state index contributed by atoms with van der Waals surface area (Å²) in [6.07, 6.45) is 0. The van der Waals surface area contributed by atoms with Crippen LogP contribution in [-0.2, 0) is 0 Å².